The van der Waals surface area contributed by atoms with E-state index < -0.39 is 5.41 Å². The fourth-order valence-corrected chi connectivity index (χ4v) is 3.39. The molecule has 0 aliphatic rings. The molecule has 0 bridgehead atoms. The number of hydrogen-bond acceptors (Lipinski definition) is 4. The van der Waals surface area contributed by atoms with Gasteiger partial charge in [-0.2, -0.15) is 0 Å². The Morgan fingerprint density at radius 1 is 0.917 bits per heavy atom. The lowest BCUT2D eigenvalue weighted by molar-refractivity contribution is -0.166. The van der Waals surface area contributed by atoms with Crippen LogP contribution in [0.4, 0.5) is 0 Å². The first-order valence-corrected chi connectivity index (χ1v) is 9.42. The summed E-state index contributed by atoms with van der Waals surface area (Å²) < 4.78 is 10.8. The summed E-state index contributed by atoms with van der Waals surface area (Å²) in [5.41, 5.74) is -0.779. The quantitative estimate of drug-likeness (QED) is 0.503. The van der Waals surface area contributed by atoms with Gasteiger partial charge >= 0.3 is 11.9 Å². The van der Waals surface area contributed by atoms with Crippen molar-refractivity contribution in [3.8, 4) is 0 Å². The van der Waals surface area contributed by atoms with Gasteiger partial charge < -0.3 is 9.47 Å². The Balaban J connectivity index is 5.18. The van der Waals surface area contributed by atoms with Crippen LogP contribution in [0.2, 0.25) is 0 Å². The highest BCUT2D eigenvalue weighted by Gasteiger charge is 2.41. The molecule has 4 nitrogen and oxygen atoms in total. The van der Waals surface area contributed by atoms with Crippen molar-refractivity contribution in [1.29, 1.82) is 0 Å². The molecule has 24 heavy (non-hydrogen) atoms. The lowest BCUT2D eigenvalue weighted by Gasteiger charge is -2.33. The minimum atomic E-state index is -0.779. The van der Waals surface area contributed by atoms with Gasteiger partial charge in [-0.05, 0) is 43.4 Å². The number of rotatable bonds is 11. The summed E-state index contributed by atoms with van der Waals surface area (Å²) >= 11 is 0. The van der Waals surface area contributed by atoms with Crippen molar-refractivity contribution in [1.82, 2.24) is 0 Å². The van der Waals surface area contributed by atoms with Crippen LogP contribution in [-0.2, 0) is 19.1 Å². The maximum Gasteiger partial charge on any atom is 0.312 e. The standard InChI is InChI=1S/C20H38O4/c1-9-20(11-14(3)4,12-18(21)23-10-2)19(22)24-13-17(15(5)6)16(7)8/h14-17H,9-13H2,1-8H3. The van der Waals surface area contributed by atoms with Crippen molar-refractivity contribution < 1.29 is 19.1 Å². The molecule has 1 atom stereocenters. The molecular weight excluding hydrogens is 304 g/mol. The van der Waals surface area contributed by atoms with Crippen LogP contribution in [0.5, 0.6) is 0 Å². The summed E-state index contributed by atoms with van der Waals surface area (Å²) in [6.45, 7) is 17.2. The van der Waals surface area contributed by atoms with Crippen molar-refractivity contribution in [3.05, 3.63) is 0 Å². The predicted molar refractivity (Wildman–Crippen MR) is 97.6 cm³/mol. The molecule has 0 amide bonds. The molecule has 1 unspecified atom stereocenters. The minimum absolute atomic E-state index is 0.0996. The molecule has 0 aliphatic carbocycles. The second kappa shape index (κ2) is 10.7. The van der Waals surface area contributed by atoms with Gasteiger partial charge in [0.2, 0.25) is 0 Å². The first kappa shape index (κ1) is 22.9. The Kier molecular flexibility index (Phi) is 10.3. The number of ether oxygens (including phenoxy) is 2. The van der Waals surface area contributed by atoms with Crippen LogP contribution in [0.3, 0.4) is 0 Å². The van der Waals surface area contributed by atoms with Crippen molar-refractivity contribution in [2.45, 2.75) is 74.7 Å². The van der Waals surface area contributed by atoms with Crippen LogP contribution < -0.4 is 0 Å². The molecular formula is C20H38O4. The summed E-state index contributed by atoms with van der Waals surface area (Å²) in [7, 11) is 0. The Labute approximate surface area is 148 Å². The molecule has 4 heteroatoms. The summed E-state index contributed by atoms with van der Waals surface area (Å²) in [5, 5.41) is 0. The monoisotopic (exact) mass is 342 g/mol. The molecule has 0 N–H and O–H groups in total. The van der Waals surface area contributed by atoms with Crippen LogP contribution in [0.25, 0.3) is 0 Å². The zero-order chi connectivity index (χ0) is 18.9. The first-order chi connectivity index (χ1) is 11.1. The van der Waals surface area contributed by atoms with Crippen LogP contribution >= 0.6 is 0 Å². The van der Waals surface area contributed by atoms with E-state index in [1.165, 1.54) is 0 Å². The maximum absolute atomic E-state index is 12.9. The normalized spacial score (nSPS) is 14.3. The van der Waals surface area contributed by atoms with Crippen LogP contribution in [0.1, 0.15) is 74.7 Å². The van der Waals surface area contributed by atoms with Gasteiger partial charge in [-0.3, -0.25) is 9.59 Å². The van der Waals surface area contributed by atoms with Gasteiger partial charge in [0.15, 0.2) is 0 Å². The Bertz CT molecular complexity index is 379. The number of carbonyl (C=O) groups is 2. The lowest BCUT2D eigenvalue weighted by Crippen LogP contribution is -2.38. The fraction of sp³-hybridized carbons (Fsp3) is 0.900. The third kappa shape index (κ3) is 7.23. The largest absolute Gasteiger partial charge is 0.466 e. The van der Waals surface area contributed by atoms with Gasteiger partial charge in [0, 0.05) is 0 Å². The van der Waals surface area contributed by atoms with Crippen molar-refractivity contribution in [2.24, 2.45) is 29.1 Å². The van der Waals surface area contributed by atoms with Gasteiger partial charge in [0.05, 0.1) is 25.0 Å². The van der Waals surface area contributed by atoms with Gasteiger partial charge in [-0.15, -0.1) is 0 Å². The Morgan fingerprint density at radius 3 is 1.83 bits per heavy atom. The summed E-state index contributed by atoms with van der Waals surface area (Å²) in [6, 6.07) is 0. The van der Waals surface area contributed by atoms with E-state index in [1.807, 2.05) is 6.92 Å². The lowest BCUT2D eigenvalue weighted by atomic mass is 9.75. The van der Waals surface area contributed by atoms with Crippen molar-refractivity contribution >= 4 is 11.9 Å². The van der Waals surface area contributed by atoms with E-state index in [2.05, 4.69) is 41.5 Å². The summed E-state index contributed by atoms with van der Waals surface area (Å²) in [4.78, 5) is 24.9. The van der Waals surface area contributed by atoms with Gasteiger partial charge in [-0.25, -0.2) is 0 Å². The highest BCUT2D eigenvalue weighted by molar-refractivity contribution is 5.83. The van der Waals surface area contributed by atoms with Gasteiger partial charge in [-0.1, -0.05) is 48.5 Å². The zero-order valence-corrected chi connectivity index (χ0v) is 17.0. The molecule has 0 aliphatic heterocycles. The van der Waals surface area contributed by atoms with Gasteiger partial charge in [0.25, 0.3) is 0 Å². The number of esters is 2. The average Bonchev–Trinajstić information content (AvgIpc) is 2.45. The van der Waals surface area contributed by atoms with E-state index in [-0.39, 0.29) is 18.4 Å². The number of hydrogen-bond donors (Lipinski definition) is 0. The van der Waals surface area contributed by atoms with Crippen LogP contribution in [0, 0.1) is 29.1 Å². The van der Waals surface area contributed by atoms with E-state index in [1.54, 1.807) is 6.92 Å². The summed E-state index contributed by atoms with van der Waals surface area (Å²) in [5.74, 6) is 0.954. The molecule has 0 aromatic carbocycles. The second-order valence-electron chi connectivity index (χ2n) is 7.96. The Morgan fingerprint density at radius 2 is 1.46 bits per heavy atom. The van der Waals surface area contributed by atoms with E-state index in [0.29, 0.717) is 49.7 Å². The zero-order valence-electron chi connectivity index (χ0n) is 17.0. The molecule has 142 valence electrons. The van der Waals surface area contributed by atoms with E-state index in [9.17, 15) is 9.59 Å². The third-order valence-electron chi connectivity index (χ3n) is 4.82. The van der Waals surface area contributed by atoms with Gasteiger partial charge in [0.1, 0.15) is 0 Å². The second-order valence-corrected chi connectivity index (χ2v) is 7.96. The van der Waals surface area contributed by atoms with E-state index >= 15 is 0 Å². The molecule has 0 aromatic heterocycles. The summed E-state index contributed by atoms with van der Waals surface area (Å²) in [6.07, 6.45) is 1.31. The minimum Gasteiger partial charge on any atom is -0.466 e. The molecule has 0 aromatic rings. The molecule has 0 heterocycles. The first-order valence-electron chi connectivity index (χ1n) is 9.42. The van der Waals surface area contributed by atoms with E-state index in [0.717, 1.165) is 0 Å². The maximum atomic E-state index is 12.9. The predicted octanol–water partition coefficient (Wildman–Crippen LogP) is 4.85. The molecule has 0 spiro atoms. The topological polar surface area (TPSA) is 52.6 Å². The third-order valence-corrected chi connectivity index (χ3v) is 4.82. The molecule has 0 saturated heterocycles. The molecule has 0 saturated carbocycles. The van der Waals surface area contributed by atoms with Crippen molar-refractivity contribution in [2.75, 3.05) is 13.2 Å². The number of carbonyl (C=O) groups excluding carboxylic acids is 2. The highest BCUT2D eigenvalue weighted by Crippen LogP contribution is 2.36. The smallest absolute Gasteiger partial charge is 0.312 e. The molecule has 0 fully saturated rings. The van der Waals surface area contributed by atoms with Crippen LogP contribution in [0.15, 0.2) is 0 Å². The average molecular weight is 343 g/mol. The molecule has 0 radical (unpaired) electrons. The van der Waals surface area contributed by atoms with Crippen LogP contribution in [-0.4, -0.2) is 25.2 Å². The fourth-order valence-electron chi connectivity index (χ4n) is 3.39. The van der Waals surface area contributed by atoms with Crippen molar-refractivity contribution in [3.63, 3.8) is 0 Å². The Hall–Kier alpha value is -1.06. The van der Waals surface area contributed by atoms with E-state index in [4.69, 9.17) is 9.47 Å². The highest BCUT2D eigenvalue weighted by atomic mass is 16.5. The molecule has 0 rings (SSSR count). The SMILES string of the molecule is CCOC(=O)CC(CC)(CC(C)C)C(=O)OCC(C(C)C)C(C)C.